The Hall–Kier alpha value is -1.38. The van der Waals surface area contributed by atoms with Crippen molar-refractivity contribution in [2.75, 3.05) is 0 Å². The molecule has 0 aromatic heterocycles. The fraction of sp³-hybridized carbons (Fsp3) is 0.533. The van der Waals surface area contributed by atoms with E-state index in [1.165, 1.54) is 24.3 Å². The summed E-state index contributed by atoms with van der Waals surface area (Å²) in [6, 6.07) is 5.59. The standard InChI is InChI=1S/C15H22FNO/c1-14(2,3)10-15(4,5)17-13(18)11-6-8-12(16)9-7-11/h6-9H,10H2,1-5H3,(H,17,18). The van der Waals surface area contributed by atoms with Crippen molar-refractivity contribution < 1.29 is 9.18 Å². The Balaban J connectivity index is 2.72. The van der Waals surface area contributed by atoms with Crippen molar-refractivity contribution in [2.24, 2.45) is 5.41 Å². The van der Waals surface area contributed by atoms with Crippen molar-refractivity contribution in [3.63, 3.8) is 0 Å². The predicted molar refractivity (Wildman–Crippen MR) is 72.0 cm³/mol. The van der Waals surface area contributed by atoms with Crippen molar-refractivity contribution in [3.05, 3.63) is 35.6 Å². The second-order valence-corrected chi connectivity index (χ2v) is 6.58. The zero-order valence-electron chi connectivity index (χ0n) is 11.8. The second kappa shape index (κ2) is 5.09. The molecule has 0 heterocycles. The first-order chi connectivity index (χ1) is 8.09. The van der Waals surface area contributed by atoms with Crippen LogP contribution in [-0.2, 0) is 0 Å². The third-order valence-corrected chi connectivity index (χ3v) is 2.53. The number of carbonyl (C=O) groups is 1. The van der Waals surface area contributed by atoms with Gasteiger partial charge in [0.2, 0.25) is 0 Å². The third-order valence-electron chi connectivity index (χ3n) is 2.53. The smallest absolute Gasteiger partial charge is 0.251 e. The molecule has 0 aliphatic rings. The molecule has 0 radical (unpaired) electrons. The Bertz CT molecular complexity index is 415. The highest BCUT2D eigenvalue weighted by molar-refractivity contribution is 5.94. The average molecular weight is 251 g/mol. The molecule has 0 atom stereocenters. The maximum absolute atomic E-state index is 12.8. The number of nitrogens with one attached hydrogen (secondary N) is 1. The highest BCUT2D eigenvalue weighted by atomic mass is 19.1. The van der Waals surface area contributed by atoms with E-state index in [2.05, 4.69) is 26.1 Å². The Morgan fingerprint density at radius 3 is 2.06 bits per heavy atom. The van der Waals surface area contributed by atoms with E-state index in [1.54, 1.807) is 0 Å². The minimum atomic E-state index is -0.333. The van der Waals surface area contributed by atoms with Crippen LogP contribution in [0.15, 0.2) is 24.3 Å². The Kier molecular flexibility index (Phi) is 4.15. The van der Waals surface area contributed by atoms with Gasteiger partial charge in [-0.1, -0.05) is 20.8 Å². The number of halogens is 1. The van der Waals surface area contributed by atoms with Crippen LogP contribution in [0.5, 0.6) is 0 Å². The summed E-state index contributed by atoms with van der Waals surface area (Å²) < 4.78 is 12.8. The first kappa shape index (κ1) is 14.7. The fourth-order valence-corrected chi connectivity index (χ4v) is 2.35. The maximum Gasteiger partial charge on any atom is 0.251 e. The summed E-state index contributed by atoms with van der Waals surface area (Å²) in [5, 5.41) is 2.99. The van der Waals surface area contributed by atoms with Crippen LogP contribution < -0.4 is 5.32 Å². The molecule has 1 rings (SSSR count). The van der Waals surface area contributed by atoms with Crippen molar-refractivity contribution in [3.8, 4) is 0 Å². The number of hydrogen-bond acceptors (Lipinski definition) is 1. The Morgan fingerprint density at radius 2 is 1.61 bits per heavy atom. The van der Waals surface area contributed by atoms with Crippen LogP contribution in [0.2, 0.25) is 0 Å². The molecule has 0 spiro atoms. The van der Waals surface area contributed by atoms with Gasteiger partial charge in [-0.05, 0) is 49.9 Å². The van der Waals surface area contributed by atoms with Gasteiger partial charge in [-0.25, -0.2) is 4.39 Å². The summed E-state index contributed by atoms with van der Waals surface area (Å²) in [5.41, 5.74) is 0.335. The van der Waals surface area contributed by atoms with Crippen LogP contribution in [0.1, 0.15) is 51.4 Å². The normalized spacial score (nSPS) is 12.3. The van der Waals surface area contributed by atoms with Crippen LogP contribution in [0.3, 0.4) is 0 Å². The average Bonchev–Trinajstić information content (AvgIpc) is 2.13. The molecular formula is C15H22FNO. The van der Waals surface area contributed by atoms with Gasteiger partial charge in [0.05, 0.1) is 0 Å². The molecule has 0 aliphatic heterocycles. The molecule has 3 heteroatoms. The van der Waals surface area contributed by atoms with E-state index in [1.807, 2.05) is 13.8 Å². The van der Waals surface area contributed by atoms with Crippen molar-refractivity contribution in [1.82, 2.24) is 5.32 Å². The minimum absolute atomic E-state index is 0.138. The molecule has 0 bridgehead atoms. The van der Waals surface area contributed by atoms with Crippen LogP contribution in [0, 0.1) is 11.2 Å². The van der Waals surface area contributed by atoms with Crippen LogP contribution in [0.25, 0.3) is 0 Å². The van der Waals surface area contributed by atoms with E-state index < -0.39 is 0 Å². The zero-order chi connectivity index (χ0) is 14.0. The van der Waals surface area contributed by atoms with Gasteiger partial charge >= 0.3 is 0 Å². The van der Waals surface area contributed by atoms with Gasteiger partial charge in [0.1, 0.15) is 5.82 Å². The van der Waals surface area contributed by atoms with E-state index in [-0.39, 0.29) is 22.7 Å². The predicted octanol–water partition coefficient (Wildman–Crippen LogP) is 3.77. The largest absolute Gasteiger partial charge is 0.347 e. The number of benzene rings is 1. The summed E-state index contributed by atoms with van der Waals surface area (Å²) in [7, 11) is 0. The monoisotopic (exact) mass is 251 g/mol. The lowest BCUT2D eigenvalue weighted by Gasteiger charge is -2.33. The number of carbonyl (C=O) groups excluding carboxylic acids is 1. The SMILES string of the molecule is CC(C)(C)CC(C)(C)NC(=O)c1ccc(F)cc1. The maximum atomic E-state index is 12.8. The van der Waals surface area contributed by atoms with Crippen LogP contribution in [0.4, 0.5) is 4.39 Å². The summed E-state index contributed by atoms with van der Waals surface area (Å²) >= 11 is 0. The summed E-state index contributed by atoms with van der Waals surface area (Å²) in [5.74, 6) is -0.496. The molecule has 0 fully saturated rings. The van der Waals surface area contributed by atoms with Gasteiger partial charge in [-0.15, -0.1) is 0 Å². The van der Waals surface area contributed by atoms with E-state index >= 15 is 0 Å². The van der Waals surface area contributed by atoms with E-state index in [0.717, 1.165) is 6.42 Å². The quantitative estimate of drug-likeness (QED) is 0.870. The zero-order valence-corrected chi connectivity index (χ0v) is 11.8. The van der Waals surface area contributed by atoms with Gasteiger partial charge in [0, 0.05) is 11.1 Å². The number of amides is 1. The third kappa shape index (κ3) is 4.86. The molecule has 1 aromatic rings. The first-order valence-electron chi connectivity index (χ1n) is 6.17. The highest BCUT2D eigenvalue weighted by Gasteiger charge is 2.27. The highest BCUT2D eigenvalue weighted by Crippen LogP contribution is 2.27. The molecule has 1 N–H and O–H groups in total. The van der Waals surface area contributed by atoms with Gasteiger partial charge in [-0.2, -0.15) is 0 Å². The molecule has 0 saturated heterocycles. The Morgan fingerprint density at radius 1 is 1.11 bits per heavy atom. The molecule has 0 saturated carbocycles. The molecule has 100 valence electrons. The van der Waals surface area contributed by atoms with Crippen LogP contribution >= 0.6 is 0 Å². The summed E-state index contributed by atoms with van der Waals surface area (Å²) in [6.07, 6.45) is 0.868. The van der Waals surface area contributed by atoms with E-state index in [9.17, 15) is 9.18 Å². The van der Waals surface area contributed by atoms with Gasteiger partial charge in [-0.3, -0.25) is 4.79 Å². The molecule has 18 heavy (non-hydrogen) atoms. The van der Waals surface area contributed by atoms with E-state index in [4.69, 9.17) is 0 Å². The Labute approximate surface area is 109 Å². The van der Waals surface area contributed by atoms with Crippen molar-refractivity contribution in [2.45, 2.75) is 46.6 Å². The second-order valence-electron chi connectivity index (χ2n) is 6.58. The fourth-order valence-electron chi connectivity index (χ4n) is 2.35. The first-order valence-corrected chi connectivity index (χ1v) is 6.17. The minimum Gasteiger partial charge on any atom is -0.347 e. The topological polar surface area (TPSA) is 29.1 Å². The van der Waals surface area contributed by atoms with Gasteiger partial charge in [0.25, 0.3) is 5.91 Å². The molecule has 1 aromatic carbocycles. The lowest BCUT2D eigenvalue weighted by atomic mass is 9.81. The van der Waals surface area contributed by atoms with E-state index in [0.29, 0.717) is 5.56 Å². The molecule has 1 amide bonds. The lowest BCUT2D eigenvalue weighted by molar-refractivity contribution is 0.0891. The molecule has 0 unspecified atom stereocenters. The summed E-state index contributed by atoms with van der Waals surface area (Å²) in [6.45, 7) is 10.4. The van der Waals surface area contributed by atoms with Gasteiger partial charge < -0.3 is 5.32 Å². The van der Waals surface area contributed by atoms with Crippen molar-refractivity contribution >= 4 is 5.91 Å². The van der Waals surface area contributed by atoms with Crippen molar-refractivity contribution in [1.29, 1.82) is 0 Å². The van der Waals surface area contributed by atoms with Gasteiger partial charge in [0.15, 0.2) is 0 Å². The number of rotatable bonds is 3. The lowest BCUT2D eigenvalue weighted by Crippen LogP contribution is -2.45. The molecule has 0 aliphatic carbocycles. The van der Waals surface area contributed by atoms with Crippen LogP contribution in [-0.4, -0.2) is 11.4 Å². The number of hydrogen-bond donors (Lipinski definition) is 1. The molecule has 2 nitrogen and oxygen atoms in total. The molecular weight excluding hydrogens is 229 g/mol. The summed E-state index contributed by atoms with van der Waals surface area (Å²) in [4.78, 5) is 12.0.